The summed E-state index contributed by atoms with van der Waals surface area (Å²) in [6.45, 7) is 0.235. The molecule has 0 radical (unpaired) electrons. The predicted octanol–water partition coefficient (Wildman–Crippen LogP) is 2.90. The van der Waals surface area contributed by atoms with Gasteiger partial charge >= 0.3 is 0 Å². The number of aromatic nitrogens is 3. The molecule has 0 unspecified atom stereocenters. The van der Waals surface area contributed by atoms with Crippen LogP contribution in [0.15, 0.2) is 66.0 Å². The molecule has 0 aliphatic heterocycles. The fourth-order valence-electron chi connectivity index (χ4n) is 3.18. The predicted molar refractivity (Wildman–Crippen MR) is 106 cm³/mol. The summed E-state index contributed by atoms with van der Waals surface area (Å²) in [7, 11) is -4.06. The Morgan fingerprint density at radius 3 is 2.47 bits per heavy atom. The summed E-state index contributed by atoms with van der Waals surface area (Å²) in [6.07, 6.45) is 4.42. The summed E-state index contributed by atoms with van der Waals surface area (Å²) in [4.78, 5) is 11.0. The first-order valence-electron chi connectivity index (χ1n) is 8.89. The number of hydrogen-bond acceptors (Lipinski definition) is 4. The molecule has 1 amide bonds. The Morgan fingerprint density at radius 1 is 1.07 bits per heavy atom. The van der Waals surface area contributed by atoms with Gasteiger partial charge in [0.2, 0.25) is 5.91 Å². The Kier molecular flexibility index (Phi) is 4.86. The Balaban J connectivity index is 1.90. The number of aryl methyl sites for hydroxylation is 1. The van der Waals surface area contributed by atoms with Crippen molar-refractivity contribution in [1.82, 2.24) is 13.8 Å². The molecule has 4 aromatic rings. The zero-order valence-electron chi connectivity index (χ0n) is 15.5. The number of nitrogens with two attached hydrogens (primary N) is 1. The highest BCUT2D eigenvalue weighted by molar-refractivity contribution is 7.90. The molecule has 0 bridgehead atoms. The second-order valence-corrected chi connectivity index (χ2v) is 8.46. The molecular formula is C20H16F2N4O3S. The molecule has 10 heteroatoms. The highest BCUT2D eigenvalue weighted by Gasteiger charge is 2.23. The van der Waals surface area contributed by atoms with E-state index in [9.17, 15) is 22.0 Å². The lowest BCUT2D eigenvalue weighted by atomic mass is 10.1. The lowest BCUT2D eigenvalue weighted by Crippen LogP contribution is -2.13. The molecule has 0 aliphatic carbocycles. The molecule has 0 spiro atoms. The standard InChI is InChI=1S/C20H16F2N4O3S/c21-17-8-15-16(13-10-24-25(11-13)7-6-20(23)27)12-26(19(15)9-18(17)22)30(28,29)14-4-2-1-3-5-14/h1-5,8-12H,6-7H2,(H2,23,27). The van der Waals surface area contributed by atoms with Gasteiger partial charge in [0.15, 0.2) is 11.6 Å². The van der Waals surface area contributed by atoms with Crippen molar-refractivity contribution in [2.24, 2.45) is 5.73 Å². The van der Waals surface area contributed by atoms with E-state index in [1.54, 1.807) is 24.4 Å². The molecule has 2 heterocycles. The molecule has 0 atom stereocenters. The zero-order valence-corrected chi connectivity index (χ0v) is 16.3. The molecular weight excluding hydrogens is 414 g/mol. The first-order valence-corrected chi connectivity index (χ1v) is 10.3. The SMILES string of the molecule is NC(=O)CCn1cc(-c2cn(S(=O)(=O)c3ccccc3)c3cc(F)c(F)cc23)cn1. The molecule has 0 fully saturated rings. The number of benzene rings is 2. The summed E-state index contributed by atoms with van der Waals surface area (Å²) >= 11 is 0. The van der Waals surface area contributed by atoms with Gasteiger partial charge in [-0.1, -0.05) is 18.2 Å². The fourth-order valence-corrected chi connectivity index (χ4v) is 4.56. The third-order valence-corrected chi connectivity index (χ3v) is 6.33. The van der Waals surface area contributed by atoms with Gasteiger partial charge in [-0.3, -0.25) is 9.48 Å². The minimum absolute atomic E-state index is 0.00219. The van der Waals surface area contributed by atoms with Crippen LogP contribution in [-0.4, -0.2) is 28.1 Å². The Hall–Kier alpha value is -3.53. The van der Waals surface area contributed by atoms with Gasteiger partial charge in [0.25, 0.3) is 10.0 Å². The van der Waals surface area contributed by atoms with Crippen LogP contribution in [0.1, 0.15) is 6.42 Å². The second kappa shape index (κ2) is 7.38. The third-order valence-electron chi connectivity index (χ3n) is 4.64. The smallest absolute Gasteiger partial charge is 0.268 e. The van der Waals surface area contributed by atoms with Gasteiger partial charge in [0.1, 0.15) is 0 Å². The number of rotatable bonds is 6. The van der Waals surface area contributed by atoms with Crippen LogP contribution in [0.25, 0.3) is 22.0 Å². The van der Waals surface area contributed by atoms with Crippen molar-refractivity contribution in [3.05, 3.63) is 72.7 Å². The number of primary amides is 1. The zero-order chi connectivity index (χ0) is 21.5. The maximum absolute atomic E-state index is 14.0. The summed E-state index contributed by atoms with van der Waals surface area (Å²) in [5.41, 5.74) is 5.98. The van der Waals surface area contributed by atoms with E-state index in [1.165, 1.54) is 29.2 Å². The van der Waals surface area contributed by atoms with Gasteiger partial charge in [-0.2, -0.15) is 5.10 Å². The highest BCUT2D eigenvalue weighted by atomic mass is 32.2. The average molecular weight is 430 g/mol. The van der Waals surface area contributed by atoms with Crippen LogP contribution in [0.2, 0.25) is 0 Å². The maximum Gasteiger partial charge on any atom is 0.268 e. The van der Waals surface area contributed by atoms with Crippen LogP contribution in [0.3, 0.4) is 0 Å². The number of nitrogens with zero attached hydrogens (tertiary/aromatic N) is 3. The second-order valence-electron chi connectivity index (χ2n) is 6.65. The van der Waals surface area contributed by atoms with E-state index in [2.05, 4.69) is 5.10 Å². The van der Waals surface area contributed by atoms with E-state index in [0.29, 0.717) is 11.1 Å². The van der Waals surface area contributed by atoms with Gasteiger partial charge in [-0.15, -0.1) is 0 Å². The van der Waals surface area contributed by atoms with Crippen molar-refractivity contribution in [2.75, 3.05) is 0 Å². The van der Waals surface area contributed by atoms with Crippen LogP contribution in [-0.2, 0) is 21.4 Å². The van der Waals surface area contributed by atoms with Crippen molar-refractivity contribution in [3.8, 4) is 11.1 Å². The van der Waals surface area contributed by atoms with E-state index in [4.69, 9.17) is 5.73 Å². The normalized spacial score (nSPS) is 11.8. The lowest BCUT2D eigenvalue weighted by Gasteiger charge is -2.07. The van der Waals surface area contributed by atoms with E-state index in [0.717, 1.165) is 16.1 Å². The van der Waals surface area contributed by atoms with E-state index < -0.39 is 27.6 Å². The molecule has 2 aromatic carbocycles. The number of hydrogen-bond donors (Lipinski definition) is 1. The minimum Gasteiger partial charge on any atom is -0.370 e. The largest absolute Gasteiger partial charge is 0.370 e. The number of carbonyl (C=O) groups excluding carboxylic acids is 1. The molecule has 0 saturated carbocycles. The van der Waals surface area contributed by atoms with Crippen molar-refractivity contribution in [2.45, 2.75) is 17.9 Å². The quantitative estimate of drug-likeness (QED) is 0.508. The van der Waals surface area contributed by atoms with Crippen LogP contribution in [0.5, 0.6) is 0 Å². The van der Waals surface area contributed by atoms with Crippen LogP contribution in [0, 0.1) is 11.6 Å². The summed E-state index contributed by atoms with van der Waals surface area (Å²) in [5, 5.41) is 4.33. The Bertz CT molecular complexity index is 1360. The van der Waals surface area contributed by atoms with E-state index in [-0.39, 0.29) is 28.8 Å². The molecule has 4 rings (SSSR count). The Labute approximate surface area is 170 Å². The van der Waals surface area contributed by atoms with Crippen molar-refractivity contribution in [3.63, 3.8) is 0 Å². The van der Waals surface area contributed by atoms with Gasteiger partial charge < -0.3 is 5.73 Å². The number of carbonyl (C=O) groups is 1. The van der Waals surface area contributed by atoms with Crippen molar-refractivity contribution < 1.29 is 22.0 Å². The average Bonchev–Trinajstić information content (AvgIpc) is 3.32. The van der Waals surface area contributed by atoms with E-state index >= 15 is 0 Å². The topological polar surface area (TPSA) is 100.0 Å². The molecule has 0 saturated heterocycles. The number of fused-ring (bicyclic) bond motifs is 1. The van der Waals surface area contributed by atoms with Gasteiger partial charge in [-0.05, 0) is 18.2 Å². The first kappa shape index (κ1) is 19.8. The molecule has 154 valence electrons. The molecule has 30 heavy (non-hydrogen) atoms. The van der Waals surface area contributed by atoms with Gasteiger partial charge in [0, 0.05) is 47.9 Å². The van der Waals surface area contributed by atoms with Crippen molar-refractivity contribution in [1.29, 1.82) is 0 Å². The molecule has 0 aliphatic rings. The molecule has 7 nitrogen and oxygen atoms in total. The number of halogens is 2. The van der Waals surface area contributed by atoms with Crippen LogP contribution in [0.4, 0.5) is 8.78 Å². The van der Waals surface area contributed by atoms with Crippen LogP contribution < -0.4 is 5.73 Å². The molecule has 2 N–H and O–H groups in total. The fraction of sp³-hybridized carbons (Fsp3) is 0.100. The van der Waals surface area contributed by atoms with Gasteiger partial charge in [-0.25, -0.2) is 21.2 Å². The van der Waals surface area contributed by atoms with Crippen LogP contribution >= 0.6 is 0 Å². The maximum atomic E-state index is 14.0. The Morgan fingerprint density at radius 2 is 1.77 bits per heavy atom. The summed E-state index contributed by atoms with van der Waals surface area (Å²) in [5.74, 6) is -2.75. The minimum atomic E-state index is -4.06. The monoisotopic (exact) mass is 430 g/mol. The van der Waals surface area contributed by atoms with Crippen molar-refractivity contribution >= 4 is 26.8 Å². The van der Waals surface area contributed by atoms with E-state index in [1.807, 2.05) is 0 Å². The highest BCUT2D eigenvalue weighted by Crippen LogP contribution is 2.34. The summed E-state index contributed by atoms with van der Waals surface area (Å²) in [6, 6.07) is 9.47. The van der Waals surface area contributed by atoms with Gasteiger partial charge in [0.05, 0.1) is 16.6 Å². The molecule has 2 aromatic heterocycles. The third kappa shape index (κ3) is 3.45. The first-order chi connectivity index (χ1) is 14.3. The number of amides is 1. The lowest BCUT2D eigenvalue weighted by molar-refractivity contribution is -0.118. The summed E-state index contributed by atoms with van der Waals surface area (Å²) < 4.78 is 56.6.